The second kappa shape index (κ2) is 7.39. The third-order valence-corrected chi connectivity index (χ3v) is 5.54. The fourth-order valence-electron chi connectivity index (χ4n) is 3.86. The number of hydrogen-bond acceptors (Lipinski definition) is 4. The summed E-state index contributed by atoms with van der Waals surface area (Å²) in [6.07, 6.45) is 6.68. The van der Waals surface area contributed by atoms with Crippen LogP contribution in [0.25, 0.3) is 6.08 Å². The van der Waals surface area contributed by atoms with Crippen LogP contribution in [0, 0.1) is 11.7 Å². The van der Waals surface area contributed by atoms with Crippen LogP contribution in [0.2, 0.25) is 5.02 Å². The van der Waals surface area contributed by atoms with Crippen molar-refractivity contribution in [1.29, 1.82) is 0 Å². The van der Waals surface area contributed by atoms with Gasteiger partial charge in [-0.3, -0.25) is 0 Å². The topological polar surface area (TPSA) is 44.9 Å². The van der Waals surface area contributed by atoms with Crippen molar-refractivity contribution in [2.45, 2.75) is 39.8 Å². The smallest absolute Gasteiger partial charge is 0.149 e. The van der Waals surface area contributed by atoms with E-state index in [0.717, 1.165) is 28.9 Å². The zero-order chi connectivity index (χ0) is 19.9. The van der Waals surface area contributed by atoms with E-state index in [-0.39, 0.29) is 11.2 Å². The first-order chi connectivity index (χ1) is 12.8. The minimum Gasteiger partial charge on any atom is -0.382 e. The Kier molecular flexibility index (Phi) is 5.33. The minimum absolute atomic E-state index is 0.0235. The van der Waals surface area contributed by atoms with E-state index < -0.39 is 5.82 Å². The maximum atomic E-state index is 14.6. The molecular formula is C21H26ClFN4. The molecule has 0 amide bonds. The van der Waals surface area contributed by atoms with Crippen LogP contribution in [0.3, 0.4) is 0 Å². The Labute approximate surface area is 165 Å². The lowest BCUT2D eigenvalue weighted by Crippen LogP contribution is -2.40. The Hall–Kier alpha value is -2.27. The Morgan fingerprint density at radius 2 is 2.15 bits per heavy atom. The number of hydrogen-bond donors (Lipinski definition) is 1. The highest BCUT2D eigenvalue weighted by molar-refractivity contribution is 6.31. The molecule has 27 heavy (non-hydrogen) atoms. The SMILES string of the molecule is C=Cc1c(F)c(Cl)cc(CC2N(C)C(C)=C3C(N)=NC=CN32)c1CC(C)C. The predicted octanol–water partition coefficient (Wildman–Crippen LogP) is 4.51. The van der Waals surface area contributed by atoms with E-state index >= 15 is 0 Å². The van der Waals surface area contributed by atoms with Crippen LogP contribution in [0.15, 0.2) is 41.4 Å². The maximum absolute atomic E-state index is 14.6. The van der Waals surface area contributed by atoms with Crippen molar-refractivity contribution in [3.63, 3.8) is 0 Å². The fourth-order valence-corrected chi connectivity index (χ4v) is 4.10. The average Bonchev–Trinajstić information content (AvgIpc) is 2.85. The molecule has 0 saturated heterocycles. The molecule has 144 valence electrons. The molecule has 1 aromatic rings. The summed E-state index contributed by atoms with van der Waals surface area (Å²) in [5.41, 5.74) is 10.6. The lowest BCUT2D eigenvalue weighted by Gasteiger charge is -2.32. The van der Waals surface area contributed by atoms with Crippen LogP contribution >= 0.6 is 11.6 Å². The van der Waals surface area contributed by atoms with Gasteiger partial charge in [0, 0.05) is 37.1 Å². The van der Waals surface area contributed by atoms with Crippen molar-refractivity contribution in [3.05, 3.63) is 64.0 Å². The first kappa shape index (κ1) is 19.5. The molecule has 0 fully saturated rings. The molecule has 4 nitrogen and oxygen atoms in total. The molecule has 2 N–H and O–H groups in total. The third-order valence-electron chi connectivity index (χ3n) is 5.26. The normalized spacial score (nSPS) is 19.1. The molecule has 2 aliphatic heterocycles. The third kappa shape index (κ3) is 3.36. The summed E-state index contributed by atoms with van der Waals surface area (Å²) in [5, 5.41) is 0.133. The summed E-state index contributed by atoms with van der Waals surface area (Å²) < 4.78 is 14.6. The Morgan fingerprint density at radius 3 is 2.78 bits per heavy atom. The molecule has 3 rings (SSSR count). The van der Waals surface area contributed by atoms with E-state index in [1.807, 2.05) is 20.2 Å². The number of nitrogens with zero attached hydrogens (tertiary/aromatic N) is 3. The number of allylic oxidation sites excluding steroid dienone is 1. The standard InChI is InChI=1S/C21H26ClFN4/c1-6-15-16(9-12(2)3)14(10-17(22)19(15)23)11-18-26(5)13(4)20-21(24)25-7-8-27(18)20/h6-8,10,12,18H,1,9,11H2,2-5H3,(H2,24,25). The van der Waals surface area contributed by atoms with Crippen molar-refractivity contribution in [2.75, 3.05) is 7.05 Å². The van der Waals surface area contributed by atoms with Crippen LogP contribution in [0.1, 0.15) is 37.5 Å². The van der Waals surface area contributed by atoms with Crippen molar-refractivity contribution in [2.24, 2.45) is 16.6 Å². The fraction of sp³-hybridized carbons (Fsp3) is 0.381. The summed E-state index contributed by atoms with van der Waals surface area (Å²) in [6, 6.07) is 1.76. The van der Waals surface area contributed by atoms with Gasteiger partial charge in [0.15, 0.2) is 0 Å². The highest BCUT2D eigenvalue weighted by atomic mass is 35.5. The van der Waals surface area contributed by atoms with Crippen LogP contribution in [0.5, 0.6) is 0 Å². The highest BCUT2D eigenvalue weighted by Crippen LogP contribution is 2.35. The quantitative estimate of drug-likeness (QED) is 0.807. The van der Waals surface area contributed by atoms with Gasteiger partial charge in [0.1, 0.15) is 23.5 Å². The Morgan fingerprint density at radius 1 is 1.44 bits per heavy atom. The Balaban J connectivity index is 2.03. The number of likely N-dealkylation sites (N-methyl/N-ethyl adjacent to an activating group) is 1. The highest BCUT2D eigenvalue weighted by Gasteiger charge is 2.36. The zero-order valence-corrected chi connectivity index (χ0v) is 17.0. The lowest BCUT2D eigenvalue weighted by molar-refractivity contribution is 0.209. The largest absolute Gasteiger partial charge is 0.382 e. The number of benzene rings is 1. The number of halogens is 2. The van der Waals surface area contributed by atoms with Gasteiger partial charge in [-0.25, -0.2) is 9.38 Å². The van der Waals surface area contributed by atoms with Crippen molar-refractivity contribution in [3.8, 4) is 0 Å². The number of amidine groups is 1. The van der Waals surface area contributed by atoms with Gasteiger partial charge in [-0.1, -0.05) is 38.1 Å². The van der Waals surface area contributed by atoms with Crippen molar-refractivity contribution in [1.82, 2.24) is 9.80 Å². The first-order valence-corrected chi connectivity index (χ1v) is 9.48. The van der Waals surface area contributed by atoms with Crippen molar-refractivity contribution >= 4 is 23.5 Å². The van der Waals surface area contributed by atoms with E-state index in [4.69, 9.17) is 17.3 Å². The molecule has 0 spiro atoms. The van der Waals surface area contributed by atoms with Gasteiger partial charge in [0.05, 0.1) is 5.02 Å². The number of aliphatic imine (C=N–C) groups is 1. The second-order valence-electron chi connectivity index (χ2n) is 7.48. The van der Waals surface area contributed by atoms with E-state index in [2.05, 4.69) is 35.2 Å². The lowest BCUT2D eigenvalue weighted by atomic mass is 9.90. The van der Waals surface area contributed by atoms with Crippen LogP contribution in [0.4, 0.5) is 4.39 Å². The monoisotopic (exact) mass is 388 g/mol. The molecule has 0 aliphatic carbocycles. The summed E-state index contributed by atoms with van der Waals surface area (Å²) in [5.74, 6) is 0.503. The van der Waals surface area contributed by atoms with E-state index in [1.165, 1.54) is 0 Å². The van der Waals surface area contributed by atoms with Gasteiger partial charge in [-0.05, 0) is 36.5 Å². The molecule has 2 aliphatic rings. The molecule has 0 saturated carbocycles. The minimum atomic E-state index is -0.393. The number of nitrogens with two attached hydrogens (primary N) is 1. The maximum Gasteiger partial charge on any atom is 0.149 e. The van der Waals surface area contributed by atoms with Gasteiger partial charge in [-0.15, -0.1) is 0 Å². The first-order valence-electron chi connectivity index (χ1n) is 9.10. The summed E-state index contributed by atoms with van der Waals surface area (Å²) in [4.78, 5) is 8.52. The van der Waals surface area contributed by atoms with Crippen LogP contribution in [-0.2, 0) is 12.8 Å². The molecule has 1 atom stereocenters. The van der Waals surface area contributed by atoms with Gasteiger partial charge in [0.25, 0.3) is 0 Å². The predicted molar refractivity (Wildman–Crippen MR) is 111 cm³/mol. The summed E-state index contributed by atoms with van der Waals surface area (Å²) >= 11 is 6.20. The van der Waals surface area contributed by atoms with Gasteiger partial charge >= 0.3 is 0 Å². The van der Waals surface area contributed by atoms with Gasteiger partial charge in [0.2, 0.25) is 0 Å². The number of rotatable bonds is 5. The molecule has 2 heterocycles. The van der Waals surface area contributed by atoms with Gasteiger partial charge in [-0.2, -0.15) is 0 Å². The van der Waals surface area contributed by atoms with Gasteiger partial charge < -0.3 is 15.5 Å². The molecule has 0 bridgehead atoms. The van der Waals surface area contributed by atoms with E-state index in [9.17, 15) is 4.39 Å². The van der Waals surface area contributed by atoms with Crippen molar-refractivity contribution < 1.29 is 4.39 Å². The molecule has 6 heteroatoms. The molecular weight excluding hydrogens is 363 g/mol. The second-order valence-corrected chi connectivity index (χ2v) is 7.88. The molecule has 1 unspecified atom stereocenters. The summed E-state index contributed by atoms with van der Waals surface area (Å²) in [7, 11) is 2.04. The average molecular weight is 389 g/mol. The Bertz CT molecular complexity index is 869. The zero-order valence-electron chi connectivity index (χ0n) is 16.3. The molecule has 0 radical (unpaired) electrons. The molecule has 0 aromatic heterocycles. The van der Waals surface area contributed by atoms with E-state index in [1.54, 1.807) is 18.3 Å². The number of fused-ring (bicyclic) bond motifs is 1. The van der Waals surface area contributed by atoms with Crippen LogP contribution < -0.4 is 5.73 Å². The molecule has 1 aromatic carbocycles. The van der Waals surface area contributed by atoms with Crippen LogP contribution in [-0.4, -0.2) is 28.8 Å². The summed E-state index contributed by atoms with van der Waals surface area (Å²) in [6.45, 7) is 10.1. The van der Waals surface area contributed by atoms with E-state index in [0.29, 0.717) is 23.7 Å².